The fraction of sp³-hybridized carbons (Fsp3) is 0.405. The second-order valence-electron chi connectivity index (χ2n) is 14.4. The largest absolute Gasteiger partial charge is 0.456 e. The first-order valence-corrected chi connectivity index (χ1v) is 18.0. The molecule has 0 spiro atoms. The second kappa shape index (κ2) is 17.2. The summed E-state index contributed by atoms with van der Waals surface area (Å²) in [5, 5.41) is 14.9. The molecule has 8 heteroatoms. The van der Waals surface area contributed by atoms with Crippen LogP contribution in [0.1, 0.15) is 112 Å². The Labute approximate surface area is 296 Å². The van der Waals surface area contributed by atoms with Crippen LogP contribution in [0.15, 0.2) is 79.0 Å². The number of unbranched alkanes of at least 4 members (excludes halogenated alkanes) is 8. The lowest BCUT2D eigenvalue weighted by Gasteiger charge is -2.17. The Morgan fingerprint density at radius 3 is 2.28 bits per heavy atom. The Hall–Kier alpha value is -4.87. The minimum Gasteiger partial charge on any atom is -0.456 e. The van der Waals surface area contributed by atoms with Gasteiger partial charge in [-0.1, -0.05) is 102 Å². The number of nitrogens with zero attached hydrogens (tertiary/aromatic N) is 4. The van der Waals surface area contributed by atoms with Crippen molar-refractivity contribution in [3.05, 3.63) is 101 Å². The molecule has 2 N–H and O–H groups in total. The first kappa shape index (κ1) is 36.4. The van der Waals surface area contributed by atoms with E-state index in [9.17, 15) is 10.1 Å². The first-order valence-electron chi connectivity index (χ1n) is 18.0. The molecule has 0 amide bonds. The number of nitrogen functional groups attached to an aromatic ring is 1. The zero-order valence-electron chi connectivity index (χ0n) is 30.1. The van der Waals surface area contributed by atoms with Crippen LogP contribution in [0.3, 0.4) is 0 Å². The third-order valence-electron chi connectivity index (χ3n) is 9.16. The summed E-state index contributed by atoms with van der Waals surface area (Å²) in [6.45, 7) is 9.82. The van der Waals surface area contributed by atoms with E-state index in [1.54, 1.807) is 28.9 Å². The van der Waals surface area contributed by atoms with E-state index in [1.165, 1.54) is 57.6 Å². The van der Waals surface area contributed by atoms with Gasteiger partial charge in [-0.15, -0.1) is 0 Å². The number of aromatic nitrogens is 3. The molecule has 5 aromatic rings. The molecule has 0 bridgehead atoms. The average molecular weight is 674 g/mol. The number of nitriles is 1. The lowest BCUT2D eigenvalue weighted by atomic mass is 9.89. The third kappa shape index (κ3) is 9.42. The van der Waals surface area contributed by atoms with Gasteiger partial charge in [0.15, 0.2) is 0 Å². The van der Waals surface area contributed by atoms with Crippen LogP contribution in [-0.4, -0.2) is 26.7 Å². The van der Waals surface area contributed by atoms with Gasteiger partial charge >= 0.3 is 0 Å². The molecular formula is C42H51N5O3. The quantitative estimate of drug-likeness (QED) is 0.0732. The van der Waals surface area contributed by atoms with Crippen molar-refractivity contribution in [2.45, 2.75) is 98.6 Å². The highest BCUT2D eigenvalue weighted by atomic mass is 16.5. The zero-order valence-corrected chi connectivity index (χ0v) is 30.1. The van der Waals surface area contributed by atoms with Crippen molar-refractivity contribution in [2.24, 2.45) is 5.41 Å². The van der Waals surface area contributed by atoms with Gasteiger partial charge in [-0.05, 0) is 73.2 Å². The van der Waals surface area contributed by atoms with E-state index in [0.717, 1.165) is 35.0 Å². The Morgan fingerprint density at radius 1 is 0.880 bits per heavy atom. The maximum absolute atomic E-state index is 14.0. The second-order valence-corrected chi connectivity index (χ2v) is 14.4. The van der Waals surface area contributed by atoms with Crippen LogP contribution in [0.5, 0.6) is 11.5 Å². The standard InChI is InChI=1S/C42H51N5O3/c1-31-26-34(50-39-21-15-13-19-33(39)28-43)22-23-36(31)47-41(44)35(29-45-47)40(48)38-27-32-18-12-14-20-37(32)46(38)30-49-25-17-11-9-7-5-6-8-10-16-24-42(2,3)4/h12-15,18-23,26-27,29H,5-11,16-17,24-25,30,44H2,1-4H3. The molecule has 0 aliphatic rings. The fourth-order valence-electron chi connectivity index (χ4n) is 6.36. The molecule has 8 nitrogen and oxygen atoms in total. The number of carbonyl (C=O) groups is 1. The van der Waals surface area contributed by atoms with Gasteiger partial charge in [-0.3, -0.25) is 4.79 Å². The number of anilines is 1. The van der Waals surface area contributed by atoms with E-state index >= 15 is 0 Å². The number of hydrogen-bond donors (Lipinski definition) is 1. The van der Waals surface area contributed by atoms with Crippen LogP contribution in [0, 0.1) is 23.7 Å². The van der Waals surface area contributed by atoms with Gasteiger partial charge in [0.05, 0.1) is 34.2 Å². The molecule has 0 aliphatic heterocycles. The maximum Gasteiger partial charge on any atom is 0.214 e. The van der Waals surface area contributed by atoms with Crippen molar-refractivity contribution in [1.82, 2.24) is 14.3 Å². The van der Waals surface area contributed by atoms with Crippen LogP contribution in [0.2, 0.25) is 0 Å². The van der Waals surface area contributed by atoms with Crippen LogP contribution in [-0.2, 0) is 11.5 Å². The Bertz CT molecular complexity index is 1920. The van der Waals surface area contributed by atoms with E-state index in [1.807, 2.05) is 60.0 Å². The van der Waals surface area contributed by atoms with Crippen LogP contribution < -0.4 is 10.5 Å². The van der Waals surface area contributed by atoms with Crippen molar-refractivity contribution in [3.8, 4) is 23.3 Å². The van der Waals surface area contributed by atoms with Gasteiger partial charge in [0, 0.05) is 12.0 Å². The van der Waals surface area contributed by atoms with Crippen molar-refractivity contribution < 1.29 is 14.3 Å². The number of hydrogen-bond acceptors (Lipinski definition) is 6. The van der Waals surface area contributed by atoms with Gasteiger partial charge in [0.25, 0.3) is 0 Å². The summed E-state index contributed by atoms with van der Waals surface area (Å²) in [5.41, 5.74) is 10.8. The topological polar surface area (TPSA) is 108 Å². The van der Waals surface area contributed by atoms with Gasteiger partial charge in [0.2, 0.25) is 5.78 Å². The predicted molar refractivity (Wildman–Crippen MR) is 201 cm³/mol. The number of ketones is 1. The lowest BCUT2D eigenvalue weighted by Crippen LogP contribution is -2.14. The average Bonchev–Trinajstić information content (AvgIpc) is 3.66. The van der Waals surface area contributed by atoms with Crippen molar-refractivity contribution in [3.63, 3.8) is 0 Å². The molecule has 0 aliphatic carbocycles. The Balaban J connectivity index is 1.17. The van der Waals surface area contributed by atoms with Gasteiger partial charge < -0.3 is 19.8 Å². The number of carbonyl (C=O) groups excluding carboxylic acids is 1. The number of ether oxygens (including phenoxy) is 2. The number of rotatable bonds is 18. The first-order chi connectivity index (χ1) is 24.2. The molecule has 0 saturated carbocycles. The SMILES string of the molecule is Cc1cc(Oc2ccccc2C#N)ccc1-n1ncc(C(=O)c2cc3ccccc3n2COCCCCCCCCCCCC(C)(C)C)c1N. The molecule has 0 unspecified atom stereocenters. The van der Waals surface area contributed by atoms with E-state index in [4.69, 9.17) is 15.2 Å². The number of benzene rings is 3. The van der Waals surface area contributed by atoms with Gasteiger partial charge in [-0.2, -0.15) is 10.4 Å². The number of para-hydroxylation sites is 2. The van der Waals surface area contributed by atoms with E-state index in [0.29, 0.717) is 40.3 Å². The number of fused-ring (bicyclic) bond motifs is 1. The lowest BCUT2D eigenvalue weighted by molar-refractivity contribution is 0.0731. The van der Waals surface area contributed by atoms with Crippen LogP contribution >= 0.6 is 0 Å². The number of aryl methyl sites for hydroxylation is 1. The summed E-state index contributed by atoms with van der Waals surface area (Å²) in [4.78, 5) is 14.0. The summed E-state index contributed by atoms with van der Waals surface area (Å²) in [6, 6.07) is 24.6. The normalized spacial score (nSPS) is 11.6. The van der Waals surface area contributed by atoms with E-state index < -0.39 is 0 Å². The summed E-state index contributed by atoms with van der Waals surface area (Å²) in [5.74, 6) is 1.11. The fourth-order valence-corrected chi connectivity index (χ4v) is 6.36. The van der Waals surface area contributed by atoms with Crippen molar-refractivity contribution in [2.75, 3.05) is 12.3 Å². The summed E-state index contributed by atoms with van der Waals surface area (Å²) >= 11 is 0. The van der Waals surface area contributed by atoms with Gasteiger partial charge in [-0.25, -0.2) is 4.68 Å². The monoisotopic (exact) mass is 673 g/mol. The minimum atomic E-state index is -0.210. The minimum absolute atomic E-state index is 0.210. The highest BCUT2D eigenvalue weighted by Crippen LogP contribution is 2.30. The van der Waals surface area contributed by atoms with Gasteiger partial charge in [0.1, 0.15) is 30.1 Å². The third-order valence-corrected chi connectivity index (χ3v) is 9.16. The zero-order chi connectivity index (χ0) is 35.5. The maximum atomic E-state index is 14.0. The van der Waals surface area contributed by atoms with E-state index in [2.05, 4.69) is 31.9 Å². The molecule has 0 atom stereocenters. The highest BCUT2D eigenvalue weighted by molar-refractivity contribution is 6.13. The molecular weight excluding hydrogens is 622 g/mol. The van der Waals surface area contributed by atoms with Crippen LogP contribution in [0.25, 0.3) is 16.6 Å². The molecule has 5 rings (SSSR count). The van der Waals surface area contributed by atoms with Crippen molar-refractivity contribution in [1.29, 1.82) is 5.26 Å². The number of nitrogens with two attached hydrogens (primary N) is 1. The molecule has 2 aromatic heterocycles. The molecule has 0 radical (unpaired) electrons. The van der Waals surface area contributed by atoms with Crippen molar-refractivity contribution >= 4 is 22.5 Å². The molecule has 262 valence electrons. The molecule has 2 heterocycles. The molecule has 0 fully saturated rings. The molecule has 50 heavy (non-hydrogen) atoms. The Morgan fingerprint density at radius 2 is 1.56 bits per heavy atom. The van der Waals surface area contributed by atoms with Crippen LogP contribution in [0.4, 0.5) is 5.82 Å². The smallest absolute Gasteiger partial charge is 0.214 e. The summed E-state index contributed by atoms with van der Waals surface area (Å²) in [6.07, 6.45) is 14.2. The molecule has 3 aromatic carbocycles. The highest BCUT2D eigenvalue weighted by Gasteiger charge is 2.23. The summed E-state index contributed by atoms with van der Waals surface area (Å²) < 4.78 is 15.6. The van der Waals surface area contributed by atoms with E-state index in [-0.39, 0.29) is 18.3 Å². The summed E-state index contributed by atoms with van der Waals surface area (Å²) in [7, 11) is 0. The molecule has 0 saturated heterocycles. The Kier molecular flexibility index (Phi) is 12.5. The predicted octanol–water partition coefficient (Wildman–Crippen LogP) is 10.5.